The Bertz CT molecular complexity index is 257. The van der Waals surface area contributed by atoms with Crippen LogP contribution in [-0.2, 0) is 4.79 Å². The number of amides is 1. The highest BCUT2D eigenvalue weighted by atomic mass is 16.2. The molecule has 4 heteroatoms. The van der Waals surface area contributed by atoms with E-state index < -0.39 is 0 Å². The number of carbonyl (C=O) groups excluding carboxylic acids is 1. The van der Waals surface area contributed by atoms with Crippen LogP contribution in [0.25, 0.3) is 0 Å². The number of hydrogen-bond donors (Lipinski definition) is 1. The van der Waals surface area contributed by atoms with E-state index in [1.54, 1.807) is 0 Å². The van der Waals surface area contributed by atoms with Crippen LogP contribution in [0.1, 0.15) is 26.2 Å². The summed E-state index contributed by atoms with van der Waals surface area (Å²) in [5, 5.41) is 3.47. The van der Waals surface area contributed by atoms with Crippen molar-refractivity contribution in [3.05, 3.63) is 0 Å². The topological polar surface area (TPSA) is 35.6 Å². The average Bonchev–Trinajstić information content (AvgIpc) is 3.13. The Morgan fingerprint density at radius 2 is 1.94 bits per heavy atom. The van der Waals surface area contributed by atoms with Gasteiger partial charge in [0.05, 0.1) is 0 Å². The van der Waals surface area contributed by atoms with Crippen molar-refractivity contribution in [3.8, 4) is 0 Å². The molecule has 2 rings (SSSR count). The highest BCUT2D eigenvalue weighted by molar-refractivity contribution is 5.76. The first kappa shape index (κ1) is 12.8. The third kappa shape index (κ3) is 3.96. The van der Waals surface area contributed by atoms with E-state index in [1.807, 2.05) is 4.90 Å². The summed E-state index contributed by atoms with van der Waals surface area (Å²) >= 11 is 0. The second-order valence-corrected chi connectivity index (χ2v) is 5.51. The van der Waals surface area contributed by atoms with Crippen molar-refractivity contribution in [2.75, 3.05) is 39.8 Å². The molecule has 0 bridgehead atoms. The van der Waals surface area contributed by atoms with Crippen molar-refractivity contribution in [3.63, 3.8) is 0 Å². The van der Waals surface area contributed by atoms with Gasteiger partial charge in [-0.2, -0.15) is 0 Å². The minimum atomic E-state index is 0.314. The maximum Gasteiger partial charge on any atom is 0.223 e. The number of nitrogens with zero attached hydrogens (tertiary/aromatic N) is 2. The number of rotatable bonds is 5. The fraction of sp³-hybridized carbons (Fsp3) is 0.923. The van der Waals surface area contributed by atoms with Gasteiger partial charge in [-0.25, -0.2) is 0 Å². The van der Waals surface area contributed by atoms with Crippen LogP contribution in [0.15, 0.2) is 0 Å². The van der Waals surface area contributed by atoms with Gasteiger partial charge in [-0.05, 0) is 32.7 Å². The molecule has 0 aromatic heterocycles. The predicted molar refractivity (Wildman–Crippen MR) is 68.9 cm³/mol. The minimum absolute atomic E-state index is 0.314. The molecule has 1 atom stereocenters. The highest BCUT2D eigenvalue weighted by Crippen LogP contribution is 2.32. The van der Waals surface area contributed by atoms with Crippen LogP contribution in [0.4, 0.5) is 0 Å². The normalized spacial score (nSPS) is 23.8. The van der Waals surface area contributed by atoms with Crippen molar-refractivity contribution in [1.82, 2.24) is 15.1 Å². The molecule has 1 aliphatic heterocycles. The molecule has 1 unspecified atom stereocenters. The predicted octanol–water partition coefficient (Wildman–Crippen LogP) is 0.539. The van der Waals surface area contributed by atoms with Crippen LogP contribution in [0, 0.1) is 5.92 Å². The molecule has 1 saturated heterocycles. The lowest BCUT2D eigenvalue weighted by atomic mass is 10.2. The summed E-state index contributed by atoms with van der Waals surface area (Å²) in [4.78, 5) is 16.2. The Morgan fingerprint density at radius 1 is 1.29 bits per heavy atom. The van der Waals surface area contributed by atoms with Gasteiger partial charge in [0.1, 0.15) is 0 Å². The zero-order valence-corrected chi connectivity index (χ0v) is 11.1. The molecular weight excluding hydrogens is 214 g/mol. The molecule has 1 amide bonds. The first-order valence-electron chi connectivity index (χ1n) is 6.86. The molecule has 2 aliphatic rings. The smallest absolute Gasteiger partial charge is 0.223 e. The van der Waals surface area contributed by atoms with Gasteiger partial charge in [0.2, 0.25) is 5.91 Å². The van der Waals surface area contributed by atoms with Gasteiger partial charge in [-0.3, -0.25) is 4.79 Å². The molecule has 0 aromatic rings. The number of hydrogen-bond acceptors (Lipinski definition) is 3. The molecule has 1 aliphatic carbocycles. The van der Waals surface area contributed by atoms with Gasteiger partial charge in [0.15, 0.2) is 0 Å². The van der Waals surface area contributed by atoms with E-state index in [1.165, 1.54) is 12.8 Å². The van der Waals surface area contributed by atoms with Crippen molar-refractivity contribution < 1.29 is 4.79 Å². The molecule has 1 N–H and O–H groups in total. The van der Waals surface area contributed by atoms with Gasteiger partial charge in [0, 0.05) is 45.2 Å². The third-order valence-electron chi connectivity index (χ3n) is 3.99. The quantitative estimate of drug-likeness (QED) is 0.760. The van der Waals surface area contributed by atoms with Gasteiger partial charge < -0.3 is 15.1 Å². The van der Waals surface area contributed by atoms with Crippen LogP contribution in [0.5, 0.6) is 0 Å². The monoisotopic (exact) mass is 239 g/mol. The fourth-order valence-electron chi connectivity index (χ4n) is 2.38. The summed E-state index contributed by atoms with van der Waals surface area (Å²) in [6.07, 6.45) is 3.38. The van der Waals surface area contributed by atoms with Crippen LogP contribution < -0.4 is 5.32 Å². The first-order chi connectivity index (χ1) is 8.16. The van der Waals surface area contributed by atoms with Crippen molar-refractivity contribution in [2.45, 2.75) is 32.2 Å². The number of nitrogens with one attached hydrogen (secondary N) is 1. The Hall–Kier alpha value is -0.610. The molecular formula is C13H25N3O. The van der Waals surface area contributed by atoms with Crippen LogP contribution >= 0.6 is 0 Å². The average molecular weight is 239 g/mol. The Kier molecular flexibility index (Phi) is 4.40. The molecule has 98 valence electrons. The molecule has 0 aromatic carbocycles. The minimum Gasteiger partial charge on any atom is -0.340 e. The molecule has 1 saturated carbocycles. The molecule has 1 heterocycles. The SMILES string of the molecule is CC(NCCC(=O)N1CCN(C)CC1)C1CC1. The van der Waals surface area contributed by atoms with Crippen LogP contribution in [0.2, 0.25) is 0 Å². The van der Waals surface area contributed by atoms with Gasteiger partial charge >= 0.3 is 0 Å². The molecule has 17 heavy (non-hydrogen) atoms. The molecule has 0 radical (unpaired) electrons. The van der Waals surface area contributed by atoms with E-state index in [9.17, 15) is 4.79 Å². The van der Waals surface area contributed by atoms with Crippen LogP contribution in [0.3, 0.4) is 0 Å². The van der Waals surface area contributed by atoms with E-state index >= 15 is 0 Å². The lowest BCUT2D eigenvalue weighted by Crippen LogP contribution is -2.47. The number of piperazine rings is 1. The maximum atomic E-state index is 11.9. The molecule has 0 spiro atoms. The standard InChI is InChI=1S/C13H25N3O/c1-11(12-3-4-12)14-6-5-13(17)16-9-7-15(2)8-10-16/h11-12,14H,3-10H2,1-2H3. The lowest BCUT2D eigenvalue weighted by molar-refractivity contribution is -0.132. The largest absolute Gasteiger partial charge is 0.340 e. The second-order valence-electron chi connectivity index (χ2n) is 5.51. The van der Waals surface area contributed by atoms with Crippen molar-refractivity contribution in [2.24, 2.45) is 5.92 Å². The molecule has 2 fully saturated rings. The third-order valence-corrected chi connectivity index (χ3v) is 3.99. The second kappa shape index (κ2) is 5.83. The fourth-order valence-corrected chi connectivity index (χ4v) is 2.38. The summed E-state index contributed by atoms with van der Waals surface area (Å²) in [5.41, 5.74) is 0. The van der Waals surface area contributed by atoms with Gasteiger partial charge in [0.25, 0.3) is 0 Å². The maximum absolute atomic E-state index is 11.9. The number of carbonyl (C=O) groups is 1. The summed E-state index contributed by atoms with van der Waals surface area (Å²) in [6, 6.07) is 0.593. The Balaban J connectivity index is 1.59. The summed E-state index contributed by atoms with van der Waals surface area (Å²) in [5.74, 6) is 1.18. The highest BCUT2D eigenvalue weighted by Gasteiger charge is 2.27. The zero-order valence-electron chi connectivity index (χ0n) is 11.1. The van der Waals surface area contributed by atoms with E-state index in [0.29, 0.717) is 18.4 Å². The Labute approximate surface area is 104 Å². The van der Waals surface area contributed by atoms with Crippen LogP contribution in [-0.4, -0.2) is 61.5 Å². The Morgan fingerprint density at radius 3 is 2.53 bits per heavy atom. The summed E-state index contributed by atoms with van der Waals surface area (Å²) in [7, 11) is 2.11. The zero-order chi connectivity index (χ0) is 12.3. The van der Waals surface area contributed by atoms with Gasteiger partial charge in [-0.15, -0.1) is 0 Å². The first-order valence-corrected chi connectivity index (χ1v) is 6.86. The van der Waals surface area contributed by atoms with Crippen molar-refractivity contribution >= 4 is 5.91 Å². The van der Waals surface area contributed by atoms with E-state index in [-0.39, 0.29) is 0 Å². The summed E-state index contributed by atoms with van der Waals surface area (Å²) in [6.45, 7) is 6.89. The summed E-state index contributed by atoms with van der Waals surface area (Å²) < 4.78 is 0. The number of likely N-dealkylation sites (N-methyl/N-ethyl adjacent to an activating group) is 1. The van der Waals surface area contributed by atoms with Gasteiger partial charge in [-0.1, -0.05) is 0 Å². The van der Waals surface area contributed by atoms with E-state index in [4.69, 9.17) is 0 Å². The molecule has 4 nitrogen and oxygen atoms in total. The van der Waals surface area contributed by atoms with Crippen molar-refractivity contribution in [1.29, 1.82) is 0 Å². The van der Waals surface area contributed by atoms with E-state index in [2.05, 4.69) is 24.2 Å². The van der Waals surface area contributed by atoms with E-state index in [0.717, 1.165) is 38.6 Å². The lowest BCUT2D eigenvalue weighted by Gasteiger charge is -2.32.